The SMILES string of the molecule is COc1cc(C=Nn2cc(C)nc2N)ccc1OC(=O)c1cccs1. The number of aromatic nitrogens is 2. The third-order valence-corrected chi connectivity index (χ3v) is 4.13. The van der Waals surface area contributed by atoms with Gasteiger partial charge in [0.15, 0.2) is 11.5 Å². The lowest BCUT2D eigenvalue weighted by atomic mass is 10.2. The Morgan fingerprint density at radius 2 is 2.20 bits per heavy atom. The molecule has 0 spiro atoms. The van der Waals surface area contributed by atoms with Crippen molar-refractivity contribution in [2.75, 3.05) is 12.8 Å². The summed E-state index contributed by atoms with van der Waals surface area (Å²) in [5.74, 6) is 0.665. The number of ether oxygens (including phenoxy) is 2. The van der Waals surface area contributed by atoms with Crippen molar-refractivity contribution in [3.63, 3.8) is 0 Å². The van der Waals surface area contributed by atoms with E-state index >= 15 is 0 Å². The van der Waals surface area contributed by atoms with Gasteiger partial charge in [-0.15, -0.1) is 11.3 Å². The Bertz CT molecular complexity index is 916. The van der Waals surface area contributed by atoms with Crippen LogP contribution in [0.15, 0.2) is 47.0 Å². The molecule has 0 unspecified atom stereocenters. The summed E-state index contributed by atoms with van der Waals surface area (Å²) in [6.45, 7) is 1.84. The number of carbonyl (C=O) groups is 1. The van der Waals surface area contributed by atoms with Gasteiger partial charge in [0.1, 0.15) is 4.88 Å². The summed E-state index contributed by atoms with van der Waals surface area (Å²) in [7, 11) is 1.51. The number of nitrogen functional groups attached to an aromatic ring is 1. The van der Waals surface area contributed by atoms with Crippen LogP contribution >= 0.6 is 11.3 Å². The van der Waals surface area contributed by atoms with Gasteiger partial charge < -0.3 is 15.2 Å². The molecular formula is C17H16N4O3S. The van der Waals surface area contributed by atoms with E-state index in [4.69, 9.17) is 15.2 Å². The molecule has 8 heteroatoms. The number of nitrogens with two attached hydrogens (primary N) is 1. The Balaban J connectivity index is 1.79. The molecule has 0 aliphatic heterocycles. The molecule has 2 N–H and O–H groups in total. The number of aryl methyl sites for hydroxylation is 1. The predicted octanol–water partition coefficient (Wildman–Crippen LogP) is 2.95. The fourth-order valence-corrected chi connectivity index (χ4v) is 2.72. The Hall–Kier alpha value is -3.13. The number of hydrogen-bond donors (Lipinski definition) is 1. The van der Waals surface area contributed by atoms with E-state index in [1.54, 1.807) is 42.7 Å². The third kappa shape index (κ3) is 3.86. The van der Waals surface area contributed by atoms with E-state index in [2.05, 4.69) is 10.1 Å². The van der Waals surface area contributed by atoms with E-state index in [-0.39, 0.29) is 0 Å². The number of methoxy groups -OCH3 is 1. The monoisotopic (exact) mass is 356 g/mol. The van der Waals surface area contributed by atoms with Crippen LogP contribution in [0.1, 0.15) is 20.9 Å². The number of hydrogen-bond acceptors (Lipinski definition) is 7. The zero-order valence-corrected chi connectivity index (χ0v) is 14.5. The van der Waals surface area contributed by atoms with Gasteiger partial charge in [-0.05, 0) is 42.1 Å². The molecule has 0 bridgehead atoms. The summed E-state index contributed by atoms with van der Waals surface area (Å²) in [5, 5.41) is 6.06. The number of esters is 1. The molecule has 0 fully saturated rings. The van der Waals surface area contributed by atoms with Gasteiger partial charge in [-0.3, -0.25) is 0 Å². The van der Waals surface area contributed by atoms with Crippen LogP contribution < -0.4 is 15.2 Å². The second-order valence-electron chi connectivity index (χ2n) is 5.11. The van der Waals surface area contributed by atoms with Gasteiger partial charge in [-0.1, -0.05) is 6.07 Å². The first-order chi connectivity index (χ1) is 12.1. The Labute approximate surface area is 148 Å². The third-order valence-electron chi connectivity index (χ3n) is 3.28. The Morgan fingerprint density at radius 3 is 2.84 bits per heavy atom. The molecule has 2 aromatic heterocycles. The maximum atomic E-state index is 12.1. The molecule has 0 atom stereocenters. The highest BCUT2D eigenvalue weighted by atomic mass is 32.1. The van der Waals surface area contributed by atoms with Crippen molar-refractivity contribution in [2.45, 2.75) is 6.92 Å². The first-order valence-electron chi connectivity index (χ1n) is 7.36. The van der Waals surface area contributed by atoms with Gasteiger partial charge in [-0.25, -0.2) is 14.5 Å². The molecule has 7 nitrogen and oxygen atoms in total. The molecule has 2 heterocycles. The smallest absolute Gasteiger partial charge is 0.353 e. The van der Waals surface area contributed by atoms with Crippen LogP contribution in [0.25, 0.3) is 0 Å². The zero-order valence-electron chi connectivity index (χ0n) is 13.7. The number of nitrogens with zero attached hydrogens (tertiary/aromatic N) is 3. The minimum Gasteiger partial charge on any atom is -0.493 e. The van der Waals surface area contributed by atoms with E-state index < -0.39 is 5.97 Å². The molecular weight excluding hydrogens is 340 g/mol. The Morgan fingerprint density at radius 1 is 1.36 bits per heavy atom. The van der Waals surface area contributed by atoms with E-state index in [9.17, 15) is 4.79 Å². The summed E-state index contributed by atoms with van der Waals surface area (Å²) in [6.07, 6.45) is 3.34. The van der Waals surface area contributed by atoms with Gasteiger partial charge in [0.05, 0.1) is 25.2 Å². The highest BCUT2D eigenvalue weighted by Crippen LogP contribution is 2.29. The van der Waals surface area contributed by atoms with E-state index in [0.29, 0.717) is 22.3 Å². The molecule has 1 aromatic carbocycles. The second-order valence-corrected chi connectivity index (χ2v) is 6.05. The summed E-state index contributed by atoms with van der Waals surface area (Å²) < 4.78 is 12.2. The maximum Gasteiger partial charge on any atom is 0.353 e. The summed E-state index contributed by atoms with van der Waals surface area (Å²) in [5.41, 5.74) is 7.29. The number of rotatable bonds is 5. The highest BCUT2D eigenvalue weighted by molar-refractivity contribution is 7.12. The van der Waals surface area contributed by atoms with Crippen molar-refractivity contribution in [1.29, 1.82) is 0 Å². The maximum absolute atomic E-state index is 12.1. The lowest BCUT2D eigenvalue weighted by molar-refractivity contribution is 0.0735. The molecule has 0 amide bonds. The van der Waals surface area contributed by atoms with Crippen LogP contribution in [0.5, 0.6) is 11.5 Å². The first kappa shape index (κ1) is 16.7. The number of imidazole rings is 1. The quantitative estimate of drug-likeness (QED) is 0.431. The molecule has 3 aromatic rings. The van der Waals surface area contributed by atoms with Crippen molar-refractivity contribution in [2.24, 2.45) is 5.10 Å². The zero-order chi connectivity index (χ0) is 17.8. The van der Waals surface area contributed by atoms with Crippen LogP contribution in [-0.2, 0) is 0 Å². The largest absolute Gasteiger partial charge is 0.493 e. The fraction of sp³-hybridized carbons (Fsp3) is 0.118. The molecule has 0 radical (unpaired) electrons. The van der Waals surface area contributed by atoms with Gasteiger partial charge in [-0.2, -0.15) is 5.10 Å². The van der Waals surface area contributed by atoms with Gasteiger partial charge in [0, 0.05) is 0 Å². The number of benzene rings is 1. The van der Waals surface area contributed by atoms with Gasteiger partial charge in [0.2, 0.25) is 5.95 Å². The minimum atomic E-state index is -0.420. The molecule has 3 rings (SSSR count). The van der Waals surface area contributed by atoms with Crippen LogP contribution in [0, 0.1) is 6.92 Å². The average molecular weight is 356 g/mol. The summed E-state index contributed by atoms with van der Waals surface area (Å²) >= 11 is 1.32. The Kier molecular flexibility index (Phi) is 4.80. The molecule has 0 saturated carbocycles. The topological polar surface area (TPSA) is 91.7 Å². The lowest BCUT2D eigenvalue weighted by Crippen LogP contribution is -2.07. The number of anilines is 1. The van der Waals surface area contributed by atoms with Crippen LogP contribution in [-0.4, -0.2) is 29.0 Å². The average Bonchev–Trinajstić information content (AvgIpc) is 3.23. The van der Waals surface area contributed by atoms with E-state index in [0.717, 1.165) is 11.3 Å². The number of carbonyl (C=O) groups excluding carboxylic acids is 1. The molecule has 0 saturated heterocycles. The summed E-state index contributed by atoms with van der Waals surface area (Å²) in [6, 6.07) is 8.65. The van der Waals surface area contributed by atoms with Crippen molar-refractivity contribution < 1.29 is 14.3 Å². The van der Waals surface area contributed by atoms with E-state index in [1.807, 2.05) is 12.3 Å². The molecule has 128 valence electrons. The van der Waals surface area contributed by atoms with Crippen LogP contribution in [0.2, 0.25) is 0 Å². The van der Waals surface area contributed by atoms with Crippen LogP contribution in [0.4, 0.5) is 5.95 Å². The lowest BCUT2D eigenvalue weighted by Gasteiger charge is -2.09. The fourth-order valence-electron chi connectivity index (χ4n) is 2.12. The molecule has 0 aliphatic rings. The first-order valence-corrected chi connectivity index (χ1v) is 8.24. The van der Waals surface area contributed by atoms with Crippen molar-refractivity contribution in [1.82, 2.24) is 9.66 Å². The van der Waals surface area contributed by atoms with Crippen molar-refractivity contribution in [3.8, 4) is 11.5 Å². The van der Waals surface area contributed by atoms with E-state index in [1.165, 1.54) is 23.1 Å². The number of thiophene rings is 1. The summed E-state index contributed by atoms with van der Waals surface area (Å²) in [4.78, 5) is 16.7. The van der Waals surface area contributed by atoms with Crippen molar-refractivity contribution in [3.05, 3.63) is 58.0 Å². The minimum absolute atomic E-state index is 0.308. The second kappa shape index (κ2) is 7.18. The van der Waals surface area contributed by atoms with Gasteiger partial charge in [0.25, 0.3) is 0 Å². The van der Waals surface area contributed by atoms with Crippen molar-refractivity contribution >= 4 is 29.5 Å². The molecule has 0 aliphatic carbocycles. The molecule has 25 heavy (non-hydrogen) atoms. The highest BCUT2D eigenvalue weighted by Gasteiger charge is 2.13. The van der Waals surface area contributed by atoms with Gasteiger partial charge >= 0.3 is 5.97 Å². The standard InChI is InChI=1S/C17H16N4O3S/c1-11-10-21(17(18)20-11)19-9-12-5-6-13(14(8-12)23-2)24-16(22)15-4-3-7-25-15/h3-10H,1-2H3,(H2,18,20). The van der Waals surface area contributed by atoms with Crippen LogP contribution in [0.3, 0.4) is 0 Å². The predicted molar refractivity (Wildman–Crippen MR) is 96.6 cm³/mol. The normalized spacial score (nSPS) is 11.0.